The number of hydrogen-bond acceptors (Lipinski definition) is 3. The standard InChI is InChI=1S/C15H21ClN4/c1-5-17-13(12-8-6-7-10(2)18-12)9-14-15(16)11(3)19-20(14)4/h6-8,13,17H,5,9H2,1-4H3. The first kappa shape index (κ1) is 15.0. The second-order valence-corrected chi connectivity index (χ2v) is 5.37. The maximum Gasteiger partial charge on any atom is 0.0847 e. The molecule has 2 rings (SSSR count). The summed E-state index contributed by atoms with van der Waals surface area (Å²) in [5.74, 6) is 0. The summed E-state index contributed by atoms with van der Waals surface area (Å²) in [4.78, 5) is 4.62. The number of nitrogens with one attached hydrogen (secondary N) is 1. The molecule has 4 nitrogen and oxygen atoms in total. The predicted molar refractivity (Wildman–Crippen MR) is 82.1 cm³/mol. The molecule has 1 N–H and O–H groups in total. The molecule has 0 amide bonds. The summed E-state index contributed by atoms with van der Waals surface area (Å²) in [6.07, 6.45) is 0.778. The number of nitrogens with zero attached hydrogens (tertiary/aromatic N) is 3. The zero-order valence-corrected chi connectivity index (χ0v) is 13.2. The van der Waals surface area contributed by atoms with Gasteiger partial charge >= 0.3 is 0 Å². The second-order valence-electron chi connectivity index (χ2n) is 4.99. The normalized spacial score (nSPS) is 12.7. The molecule has 2 aromatic heterocycles. The van der Waals surface area contributed by atoms with Gasteiger partial charge in [-0.2, -0.15) is 5.10 Å². The molecule has 20 heavy (non-hydrogen) atoms. The molecule has 0 radical (unpaired) electrons. The van der Waals surface area contributed by atoms with Crippen molar-refractivity contribution >= 4 is 11.6 Å². The Kier molecular flexibility index (Phi) is 4.78. The minimum Gasteiger partial charge on any atom is -0.309 e. The van der Waals surface area contributed by atoms with Crippen molar-refractivity contribution in [1.82, 2.24) is 20.1 Å². The molecule has 0 bridgehead atoms. The van der Waals surface area contributed by atoms with Gasteiger partial charge in [0.1, 0.15) is 0 Å². The Labute approximate surface area is 125 Å². The van der Waals surface area contributed by atoms with E-state index in [1.54, 1.807) is 0 Å². The molecule has 2 heterocycles. The van der Waals surface area contributed by atoms with E-state index >= 15 is 0 Å². The average molecular weight is 293 g/mol. The summed E-state index contributed by atoms with van der Waals surface area (Å²) in [5.41, 5.74) is 3.98. The van der Waals surface area contributed by atoms with Gasteiger partial charge in [-0.25, -0.2) is 0 Å². The lowest BCUT2D eigenvalue weighted by Gasteiger charge is -2.18. The fraction of sp³-hybridized carbons (Fsp3) is 0.467. The molecule has 0 fully saturated rings. The van der Waals surface area contributed by atoms with E-state index in [0.717, 1.165) is 40.8 Å². The van der Waals surface area contributed by atoms with Gasteiger partial charge in [0.25, 0.3) is 0 Å². The third kappa shape index (κ3) is 3.19. The number of aromatic nitrogens is 3. The van der Waals surface area contributed by atoms with E-state index in [4.69, 9.17) is 11.6 Å². The number of likely N-dealkylation sites (N-methyl/N-ethyl adjacent to an activating group) is 1. The lowest BCUT2D eigenvalue weighted by atomic mass is 10.1. The van der Waals surface area contributed by atoms with Crippen LogP contribution in [0.15, 0.2) is 18.2 Å². The maximum absolute atomic E-state index is 6.35. The van der Waals surface area contributed by atoms with E-state index in [9.17, 15) is 0 Å². The molecule has 5 heteroatoms. The number of halogens is 1. The zero-order chi connectivity index (χ0) is 14.7. The SMILES string of the molecule is CCNC(Cc1c(Cl)c(C)nn1C)c1cccc(C)n1. The van der Waals surface area contributed by atoms with Gasteiger partial charge in [0.2, 0.25) is 0 Å². The van der Waals surface area contributed by atoms with E-state index in [1.807, 2.05) is 37.7 Å². The summed E-state index contributed by atoms with van der Waals surface area (Å²) in [5, 5.41) is 8.60. The Balaban J connectivity index is 2.30. The fourth-order valence-electron chi connectivity index (χ4n) is 2.38. The van der Waals surface area contributed by atoms with Gasteiger partial charge in [-0.1, -0.05) is 24.6 Å². The first-order chi connectivity index (χ1) is 9.52. The molecule has 0 aliphatic rings. The molecule has 0 aromatic carbocycles. The lowest BCUT2D eigenvalue weighted by Crippen LogP contribution is -2.25. The second kappa shape index (κ2) is 6.37. The molecular weight excluding hydrogens is 272 g/mol. The van der Waals surface area contributed by atoms with Crippen LogP contribution >= 0.6 is 11.6 Å². The van der Waals surface area contributed by atoms with Crippen molar-refractivity contribution in [1.29, 1.82) is 0 Å². The fourth-order valence-corrected chi connectivity index (χ4v) is 2.62. The van der Waals surface area contributed by atoms with Crippen LogP contribution in [-0.4, -0.2) is 21.3 Å². The Hall–Kier alpha value is -1.39. The average Bonchev–Trinajstić information content (AvgIpc) is 2.64. The van der Waals surface area contributed by atoms with Crippen LogP contribution < -0.4 is 5.32 Å². The first-order valence-corrected chi connectivity index (χ1v) is 7.25. The Bertz CT molecular complexity index is 592. The van der Waals surface area contributed by atoms with Crippen molar-refractivity contribution in [2.45, 2.75) is 33.2 Å². The summed E-state index contributed by atoms with van der Waals surface area (Å²) >= 11 is 6.35. The van der Waals surface area contributed by atoms with Crippen LogP contribution in [0.4, 0.5) is 0 Å². The van der Waals surface area contributed by atoms with Crippen molar-refractivity contribution < 1.29 is 0 Å². The largest absolute Gasteiger partial charge is 0.309 e. The number of aryl methyl sites for hydroxylation is 3. The number of pyridine rings is 1. The van der Waals surface area contributed by atoms with Crippen LogP contribution in [0.3, 0.4) is 0 Å². The minimum absolute atomic E-state index is 0.146. The van der Waals surface area contributed by atoms with E-state index < -0.39 is 0 Å². The molecule has 0 aliphatic carbocycles. The molecule has 1 atom stereocenters. The van der Waals surface area contributed by atoms with Gasteiger partial charge in [-0.3, -0.25) is 9.67 Å². The van der Waals surface area contributed by atoms with Crippen molar-refractivity contribution in [3.05, 3.63) is 46.0 Å². The highest BCUT2D eigenvalue weighted by atomic mass is 35.5. The van der Waals surface area contributed by atoms with Crippen LogP contribution in [0.1, 0.15) is 35.7 Å². The maximum atomic E-state index is 6.35. The molecule has 108 valence electrons. The molecule has 1 unspecified atom stereocenters. The topological polar surface area (TPSA) is 42.7 Å². The van der Waals surface area contributed by atoms with Gasteiger partial charge < -0.3 is 5.32 Å². The molecule has 0 aliphatic heterocycles. The highest BCUT2D eigenvalue weighted by molar-refractivity contribution is 6.31. The Morgan fingerprint density at radius 1 is 1.35 bits per heavy atom. The smallest absolute Gasteiger partial charge is 0.0847 e. The van der Waals surface area contributed by atoms with Crippen LogP contribution in [0.2, 0.25) is 5.02 Å². The lowest BCUT2D eigenvalue weighted by molar-refractivity contribution is 0.516. The monoisotopic (exact) mass is 292 g/mol. The zero-order valence-electron chi connectivity index (χ0n) is 12.4. The van der Waals surface area contributed by atoms with Gasteiger partial charge in [0.15, 0.2) is 0 Å². The predicted octanol–water partition coefficient (Wildman–Crippen LogP) is 2.98. The quantitative estimate of drug-likeness (QED) is 0.921. The third-order valence-corrected chi connectivity index (χ3v) is 3.87. The van der Waals surface area contributed by atoms with Crippen molar-refractivity contribution in [3.63, 3.8) is 0 Å². The summed E-state index contributed by atoms with van der Waals surface area (Å²) in [7, 11) is 1.93. The van der Waals surface area contributed by atoms with E-state index in [1.165, 1.54) is 0 Å². The van der Waals surface area contributed by atoms with E-state index in [0.29, 0.717) is 0 Å². The van der Waals surface area contributed by atoms with Crippen LogP contribution in [-0.2, 0) is 13.5 Å². The number of rotatable bonds is 5. The highest BCUT2D eigenvalue weighted by Crippen LogP contribution is 2.25. The molecule has 0 saturated carbocycles. The number of hydrogen-bond donors (Lipinski definition) is 1. The van der Waals surface area contributed by atoms with Gasteiger partial charge in [0, 0.05) is 19.2 Å². The van der Waals surface area contributed by atoms with Gasteiger partial charge in [-0.05, 0) is 32.5 Å². The van der Waals surface area contributed by atoms with E-state index in [-0.39, 0.29) is 6.04 Å². The summed E-state index contributed by atoms with van der Waals surface area (Å²) in [6.45, 7) is 6.92. The highest BCUT2D eigenvalue weighted by Gasteiger charge is 2.18. The van der Waals surface area contributed by atoms with Crippen molar-refractivity contribution in [3.8, 4) is 0 Å². The third-order valence-electron chi connectivity index (χ3n) is 3.38. The van der Waals surface area contributed by atoms with Crippen LogP contribution in [0.25, 0.3) is 0 Å². The van der Waals surface area contributed by atoms with Gasteiger partial charge in [0.05, 0.1) is 28.1 Å². The summed E-state index contributed by atoms with van der Waals surface area (Å²) in [6, 6.07) is 6.25. The molecule has 0 saturated heterocycles. The first-order valence-electron chi connectivity index (χ1n) is 6.87. The van der Waals surface area contributed by atoms with Crippen molar-refractivity contribution in [2.24, 2.45) is 7.05 Å². The Morgan fingerprint density at radius 3 is 2.65 bits per heavy atom. The minimum atomic E-state index is 0.146. The molecular formula is C15H21ClN4. The van der Waals surface area contributed by atoms with Crippen LogP contribution in [0.5, 0.6) is 0 Å². The molecule has 0 spiro atoms. The molecule has 2 aromatic rings. The van der Waals surface area contributed by atoms with Gasteiger partial charge in [-0.15, -0.1) is 0 Å². The van der Waals surface area contributed by atoms with Crippen molar-refractivity contribution in [2.75, 3.05) is 6.54 Å². The Morgan fingerprint density at radius 2 is 2.10 bits per heavy atom. The van der Waals surface area contributed by atoms with E-state index in [2.05, 4.69) is 28.4 Å². The van der Waals surface area contributed by atoms with Crippen LogP contribution in [0, 0.1) is 13.8 Å². The summed E-state index contributed by atoms with van der Waals surface area (Å²) < 4.78 is 1.86.